The van der Waals surface area contributed by atoms with Crippen molar-refractivity contribution in [2.45, 2.75) is 13.8 Å². The summed E-state index contributed by atoms with van der Waals surface area (Å²) in [5, 5.41) is 14.7. The topological polar surface area (TPSA) is 46.5 Å². The highest BCUT2D eigenvalue weighted by Gasteiger charge is 2.20. The van der Waals surface area contributed by atoms with Gasteiger partial charge < -0.3 is 4.57 Å². The molecule has 0 radical (unpaired) electrons. The minimum Gasteiger partial charge on any atom is -0.307 e. The van der Waals surface area contributed by atoms with Crippen molar-refractivity contribution in [1.29, 1.82) is 5.26 Å². The molecule has 0 aliphatic rings. The van der Waals surface area contributed by atoms with Crippen LogP contribution in [0.15, 0.2) is 121 Å². The first-order chi connectivity index (χ1) is 20.6. The molecule has 0 amide bonds. The molecule has 0 saturated carbocycles. The molecule has 5 aromatic carbocycles. The van der Waals surface area contributed by atoms with Gasteiger partial charge in [0.05, 0.1) is 45.6 Å². The van der Waals surface area contributed by atoms with Gasteiger partial charge in [-0.3, -0.25) is 4.57 Å². The van der Waals surface area contributed by atoms with Crippen LogP contribution in [0.4, 0.5) is 0 Å². The molecule has 4 nitrogen and oxygen atoms in total. The molecule has 4 heteroatoms. The van der Waals surface area contributed by atoms with Crippen LogP contribution in [0, 0.1) is 25.2 Å². The maximum absolute atomic E-state index is 9.77. The number of aromatic nitrogens is 3. The van der Waals surface area contributed by atoms with E-state index >= 15 is 0 Å². The maximum Gasteiger partial charge on any atom is 0.138 e. The van der Waals surface area contributed by atoms with Crippen molar-refractivity contribution in [2.75, 3.05) is 0 Å². The van der Waals surface area contributed by atoms with Gasteiger partial charge in [0.15, 0.2) is 0 Å². The second kappa shape index (κ2) is 9.19. The number of hydrogen-bond donors (Lipinski definition) is 0. The van der Waals surface area contributed by atoms with Gasteiger partial charge in [-0.1, -0.05) is 72.8 Å². The number of aryl methyl sites for hydroxylation is 2. The van der Waals surface area contributed by atoms with Crippen LogP contribution in [0.5, 0.6) is 0 Å². The molecule has 8 rings (SSSR count). The number of rotatable bonds is 3. The van der Waals surface area contributed by atoms with Gasteiger partial charge in [-0.15, -0.1) is 0 Å². The van der Waals surface area contributed by atoms with E-state index in [2.05, 4.69) is 126 Å². The van der Waals surface area contributed by atoms with Gasteiger partial charge in [0.2, 0.25) is 0 Å². The van der Waals surface area contributed by atoms with Crippen LogP contribution in [-0.4, -0.2) is 14.1 Å². The smallest absolute Gasteiger partial charge is 0.138 e. The van der Waals surface area contributed by atoms with Crippen LogP contribution in [0.25, 0.3) is 66.2 Å². The molecule has 3 heterocycles. The summed E-state index contributed by atoms with van der Waals surface area (Å²) < 4.78 is 4.58. The second-order valence-electron chi connectivity index (χ2n) is 10.9. The third kappa shape index (κ3) is 3.44. The summed E-state index contributed by atoms with van der Waals surface area (Å²) in [5.41, 5.74) is 10.6. The summed E-state index contributed by atoms with van der Waals surface area (Å²) >= 11 is 0. The molecule has 3 aromatic heterocycles. The average Bonchev–Trinajstić information content (AvgIpc) is 3.55. The Kier molecular flexibility index (Phi) is 5.29. The van der Waals surface area contributed by atoms with Crippen molar-refractivity contribution in [3.8, 4) is 28.7 Å². The molecule has 0 fully saturated rings. The normalized spacial score (nSPS) is 11.5. The SMILES string of the molecule is Cc1cccc2c1c1ccccc1n2-c1cc(-c2cccc(C#N)c2)c(-n2c3ccccc3c3c(C)cccc32)cn1. The highest BCUT2D eigenvalue weighted by Crippen LogP contribution is 2.39. The van der Waals surface area contributed by atoms with Crippen molar-refractivity contribution < 1.29 is 0 Å². The number of hydrogen-bond acceptors (Lipinski definition) is 2. The third-order valence-electron chi connectivity index (χ3n) is 8.45. The third-order valence-corrected chi connectivity index (χ3v) is 8.45. The number of para-hydroxylation sites is 2. The lowest BCUT2D eigenvalue weighted by atomic mass is 10.0. The van der Waals surface area contributed by atoms with Crippen LogP contribution in [0.3, 0.4) is 0 Å². The molecular weight excluding hydrogens is 512 g/mol. The molecule has 0 saturated heterocycles. The molecule has 0 aliphatic heterocycles. The lowest BCUT2D eigenvalue weighted by molar-refractivity contribution is 1.06. The Morgan fingerprint density at radius 3 is 1.83 bits per heavy atom. The number of nitrogens with zero attached hydrogens (tertiary/aromatic N) is 4. The van der Waals surface area contributed by atoms with Crippen LogP contribution >= 0.6 is 0 Å². The first-order valence-electron chi connectivity index (χ1n) is 14.1. The first kappa shape index (κ1) is 24.2. The predicted octanol–water partition coefficient (Wildman–Crippen LogP) is 9.43. The Morgan fingerprint density at radius 2 is 1.17 bits per heavy atom. The van der Waals surface area contributed by atoms with E-state index in [9.17, 15) is 5.26 Å². The second-order valence-corrected chi connectivity index (χ2v) is 10.9. The van der Waals surface area contributed by atoms with Crippen LogP contribution in [0.1, 0.15) is 16.7 Å². The highest BCUT2D eigenvalue weighted by molar-refractivity contribution is 6.12. The Hall–Kier alpha value is -5.66. The zero-order valence-corrected chi connectivity index (χ0v) is 23.3. The van der Waals surface area contributed by atoms with E-state index in [0.717, 1.165) is 44.7 Å². The largest absolute Gasteiger partial charge is 0.307 e. The summed E-state index contributed by atoms with van der Waals surface area (Å²) in [6.45, 7) is 4.33. The van der Waals surface area contributed by atoms with Gasteiger partial charge in [-0.2, -0.15) is 5.26 Å². The first-order valence-corrected chi connectivity index (χ1v) is 14.1. The standard InChI is InChI=1S/C38H26N4/c1-24-10-7-18-33-37(24)28-14-3-5-16-31(28)41(33)35-23-40-36(21-30(35)27-13-9-12-26(20-27)22-39)42-32-17-6-4-15-29(32)38-25(2)11-8-19-34(38)42/h3-21,23H,1-2H3. The quantitative estimate of drug-likeness (QED) is 0.225. The summed E-state index contributed by atoms with van der Waals surface area (Å²) in [5.74, 6) is 0.838. The van der Waals surface area contributed by atoms with Crippen molar-refractivity contribution in [2.24, 2.45) is 0 Å². The van der Waals surface area contributed by atoms with E-state index in [1.54, 1.807) is 0 Å². The number of fused-ring (bicyclic) bond motifs is 6. The Bertz CT molecular complexity index is 2400. The molecule has 198 valence electrons. The van der Waals surface area contributed by atoms with E-state index in [1.807, 2.05) is 24.4 Å². The van der Waals surface area contributed by atoms with Gasteiger partial charge in [0, 0.05) is 27.1 Å². The maximum atomic E-state index is 9.77. The molecule has 0 atom stereocenters. The zero-order valence-electron chi connectivity index (χ0n) is 23.3. The Balaban J connectivity index is 1.50. The van der Waals surface area contributed by atoms with E-state index in [-0.39, 0.29) is 0 Å². The van der Waals surface area contributed by atoms with Gasteiger partial charge in [0.25, 0.3) is 0 Å². The monoisotopic (exact) mass is 538 g/mol. The summed E-state index contributed by atoms with van der Waals surface area (Å²) in [6.07, 6.45) is 1.99. The molecule has 0 N–H and O–H groups in total. The van der Waals surface area contributed by atoms with Gasteiger partial charge in [0.1, 0.15) is 5.82 Å². The molecule has 8 aromatic rings. The molecule has 0 aliphatic carbocycles. The lowest BCUT2D eigenvalue weighted by Crippen LogP contribution is -2.03. The zero-order chi connectivity index (χ0) is 28.4. The Labute approximate surface area is 243 Å². The fourth-order valence-electron chi connectivity index (χ4n) is 6.63. The molecule has 0 unspecified atom stereocenters. The fraction of sp³-hybridized carbons (Fsp3) is 0.0526. The summed E-state index contributed by atoms with van der Waals surface area (Å²) in [7, 11) is 0. The fourth-order valence-corrected chi connectivity index (χ4v) is 6.63. The van der Waals surface area contributed by atoms with Crippen molar-refractivity contribution in [3.05, 3.63) is 138 Å². The lowest BCUT2D eigenvalue weighted by Gasteiger charge is -2.16. The van der Waals surface area contributed by atoms with Crippen LogP contribution in [-0.2, 0) is 0 Å². The Morgan fingerprint density at radius 1 is 0.595 bits per heavy atom. The van der Waals surface area contributed by atoms with E-state index < -0.39 is 0 Å². The molecule has 0 bridgehead atoms. The van der Waals surface area contributed by atoms with Gasteiger partial charge in [-0.25, -0.2) is 4.98 Å². The minimum atomic E-state index is 0.627. The molecular formula is C38H26N4. The van der Waals surface area contributed by atoms with Gasteiger partial charge >= 0.3 is 0 Å². The number of pyridine rings is 1. The number of nitriles is 1. The number of benzene rings is 5. The van der Waals surface area contributed by atoms with Crippen molar-refractivity contribution >= 4 is 43.6 Å². The van der Waals surface area contributed by atoms with E-state index in [1.165, 1.54) is 32.7 Å². The minimum absolute atomic E-state index is 0.627. The van der Waals surface area contributed by atoms with Crippen molar-refractivity contribution in [1.82, 2.24) is 14.1 Å². The summed E-state index contributed by atoms with van der Waals surface area (Å²) in [6, 6.07) is 42.4. The van der Waals surface area contributed by atoms with Crippen LogP contribution < -0.4 is 0 Å². The van der Waals surface area contributed by atoms with Crippen molar-refractivity contribution in [3.63, 3.8) is 0 Å². The van der Waals surface area contributed by atoms with Gasteiger partial charge in [-0.05, 0) is 73.0 Å². The van der Waals surface area contributed by atoms with Crippen LogP contribution in [0.2, 0.25) is 0 Å². The molecule has 0 spiro atoms. The van der Waals surface area contributed by atoms with E-state index in [4.69, 9.17) is 4.98 Å². The summed E-state index contributed by atoms with van der Waals surface area (Å²) in [4.78, 5) is 5.15. The van der Waals surface area contributed by atoms with E-state index in [0.29, 0.717) is 5.56 Å². The predicted molar refractivity (Wildman–Crippen MR) is 173 cm³/mol. The molecule has 42 heavy (non-hydrogen) atoms. The average molecular weight is 539 g/mol. The highest BCUT2D eigenvalue weighted by atomic mass is 15.1.